The summed E-state index contributed by atoms with van der Waals surface area (Å²) in [5.41, 5.74) is -0.168. The summed E-state index contributed by atoms with van der Waals surface area (Å²) in [6, 6.07) is 7.53. The van der Waals surface area contributed by atoms with E-state index in [0.29, 0.717) is 0 Å². The van der Waals surface area contributed by atoms with Crippen molar-refractivity contribution in [2.45, 2.75) is 12.2 Å². The molecule has 0 aliphatic carbocycles. The summed E-state index contributed by atoms with van der Waals surface area (Å²) in [6.07, 6.45) is -3.46. The van der Waals surface area contributed by atoms with Gasteiger partial charge in [0.2, 0.25) is 0 Å². The molecule has 0 amide bonds. The molecule has 8 nitrogen and oxygen atoms in total. The van der Waals surface area contributed by atoms with Gasteiger partial charge in [-0.15, -0.1) is 0 Å². The molecule has 0 aromatic heterocycles. The molecule has 12 heteroatoms. The lowest BCUT2D eigenvalue weighted by atomic mass is 9.81. The third-order valence-electron chi connectivity index (χ3n) is 5.41. The van der Waals surface area contributed by atoms with E-state index in [0.717, 1.165) is 0 Å². The number of Topliss-reactive ketones (excluding diaryl/α,β-unsaturated/α-hetero) is 4. The van der Waals surface area contributed by atoms with Crippen molar-refractivity contribution in [3.05, 3.63) is 67.6 Å². The fraction of sp³-hybridized carbons (Fsp3) is 0.182. The second kappa shape index (κ2) is 9.11. The molecule has 0 spiro atoms. The molecule has 0 bridgehead atoms. The van der Waals surface area contributed by atoms with Crippen molar-refractivity contribution in [3.8, 4) is 0 Å². The van der Waals surface area contributed by atoms with Crippen molar-refractivity contribution in [2.75, 3.05) is 0 Å². The normalized spacial score (nSPS) is 24.2. The third kappa shape index (κ3) is 4.11. The highest BCUT2D eigenvalue weighted by Gasteiger charge is 2.60. The zero-order valence-electron chi connectivity index (χ0n) is 16.6. The summed E-state index contributed by atoms with van der Waals surface area (Å²) in [5.74, 6) is -10.6. The summed E-state index contributed by atoms with van der Waals surface area (Å²) < 4.78 is 10.1. The first-order valence-corrected chi connectivity index (χ1v) is 11.0. The van der Waals surface area contributed by atoms with Crippen LogP contribution in [0.5, 0.6) is 0 Å². The Labute approximate surface area is 211 Å². The predicted octanol–water partition coefficient (Wildman–Crippen LogP) is 3.59. The number of halogens is 4. The van der Waals surface area contributed by atoms with Crippen molar-refractivity contribution in [1.29, 1.82) is 0 Å². The number of esters is 2. The number of cyclic esters (lactones) is 2. The fourth-order valence-corrected chi connectivity index (χ4v) is 4.36. The molecule has 2 saturated heterocycles. The minimum atomic E-state index is -1.79. The van der Waals surface area contributed by atoms with Crippen LogP contribution in [0, 0.1) is 11.8 Å². The molecule has 0 saturated carbocycles. The van der Waals surface area contributed by atoms with Gasteiger partial charge < -0.3 is 9.47 Å². The SMILES string of the molecule is O=C1O[C@H]([C@H]2OC(=O)C(=O)[C@H]2C(=O)c2ccc(Cl)c(Cl)c2)[C@@H](C(=O)c2ccc(Cl)c(Cl)c2)C1=O. The first-order chi connectivity index (χ1) is 16.0. The highest BCUT2D eigenvalue weighted by atomic mass is 35.5. The van der Waals surface area contributed by atoms with E-state index in [-0.39, 0.29) is 31.2 Å². The van der Waals surface area contributed by atoms with Crippen LogP contribution in [0.25, 0.3) is 0 Å². The van der Waals surface area contributed by atoms with Crippen LogP contribution in [0.15, 0.2) is 36.4 Å². The molecule has 174 valence electrons. The maximum Gasteiger partial charge on any atom is 0.376 e. The van der Waals surface area contributed by atoms with Crippen molar-refractivity contribution >= 4 is 81.5 Å². The molecule has 2 aromatic rings. The molecule has 0 N–H and O–H groups in total. The molecule has 2 aliphatic rings. The number of ether oxygens (including phenoxy) is 2. The van der Waals surface area contributed by atoms with Gasteiger partial charge in [0, 0.05) is 11.1 Å². The lowest BCUT2D eigenvalue weighted by Crippen LogP contribution is -2.44. The second-order valence-electron chi connectivity index (χ2n) is 7.41. The highest BCUT2D eigenvalue weighted by molar-refractivity contribution is 6.45. The van der Waals surface area contributed by atoms with Crippen molar-refractivity contribution in [3.63, 3.8) is 0 Å². The first kappa shape index (κ1) is 24.3. The Morgan fingerprint density at radius 2 is 0.941 bits per heavy atom. The maximum atomic E-state index is 13.1. The number of carbonyl (C=O) groups is 6. The molecule has 4 atom stereocenters. The van der Waals surface area contributed by atoms with Gasteiger partial charge in [0.1, 0.15) is 11.8 Å². The van der Waals surface area contributed by atoms with Crippen LogP contribution >= 0.6 is 46.4 Å². The summed E-state index contributed by atoms with van der Waals surface area (Å²) in [5, 5.41) is 0.304. The van der Waals surface area contributed by atoms with Gasteiger partial charge in [-0.05, 0) is 36.4 Å². The van der Waals surface area contributed by atoms with Crippen LogP contribution in [0.1, 0.15) is 20.7 Å². The van der Waals surface area contributed by atoms with Gasteiger partial charge in [-0.1, -0.05) is 46.4 Å². The van der Waals surface area contributed by atoms with E-state index in [1.165, 1.54) is 36.4 Å². The van der Waals surface area contributed by atoms with Gasteiger partial charge >= 0.3 is 11.9 Å². The smallest absolute Gasteiger partial charge is 0.376 e. The topological polar surface area (TPSA) is 121 Å². The standard InChI is InChI=1S/C22H10Cl4O8/c23-9-3-1-7(5-11(9)25)15(27)13-17(29)21(31)33-19(13)20-14(18(30)22(32)34-20)16(28)8-2-4-10(24)12(26)6-8/h1-6,13-14,19-20H/t13-,14+,19-,20-/m0/s1. The van der Waals surface area contributed by atoms with E-state index in [4.69, 9.17) is 55.9 Å². The van der Waals surface area contributed by atoms with Crippen LogP contribution in [0.4, 0.5) is 0 Å². The Kier molecular flexibility index (Phi) is 6.52. The largest absolute Gasteiger partial charge is 0.451 e. The van der Waals surface area contributed by atoms with E-state index in [1.54, 1.807) is 0 Å². The molecule has 0 unspecified atom stereocenters. The van der Waals surface area contributed by atoms with Gasteiger partial charge in [-0.2, -0.15) is 0 Å². The Balaban J connectivity index is 1.73. The molecule has 2 aromatic carbocycles. The number of hydrogen-bond acceptors (Lipinski definition) is 8. The molecule has 2 heterocycles. The minimum Gasteiger partial charge on any atom is -0.451 e. The van der Waals surface area contributed by atoms with E-state index >= 15 is 0 Å². The Morgan fingerprint density at radius 1 is 0.588 bits per heavy atom. The lowest BCUT2D eigenvalue weighted by Gasteiger charge is -2.24. The molecular formula is C22H10Cl4O8. The quantitative estimate of drug-likeness (QED) is 0.243. The van der Waals surface area contributed by atoms with Crippen LogP contribution < -0.4 is 0 Å². The number of hydrogen-bond donors (Lipinski definition) is 0. The first-order valence-electron chi connectivity index (χ1n) is 9.49. The summed E-state index contributed by atoms with van der Waals surface area (Å²) >= 11 is 23.6. The summed E-state index contributed by atoms with van der Waals surface area (Å²) in [6.45, 7) is 0. The van der Waals surface area contributed by atoms with Gasteiger partial charge in [0.25, 0.3) is 11.6 Å². The molecule has 0 radical (unpaired) electrons. The molecule has 4 rings (SSSR count). The monoisotopic (exact) mass is 542 g/mol. The minimum absolute atomic E-state index is 0.0110. The van der Waals surface area contributed by atoms with Gasteiger partial charge in [-0.3, -0.25) is 19.2 Å². The van der Waals surface area contributed by atoms with Crippen LogP contribution in [0.2, 0.25) is 20.1 Å². The third-order valence-corrected chi connectivity index (χ3v) is 6.89. The number of carbonyl (C=O) groups excluding carboxylic acids is 6. The number of ketones is 4. The molecule has 2 fully saturated rings. The summed E-state index contributed by atoms with van der Waals surface area (Å²) in [7, 11) is 0. The number of benzene rings is 2. The Bertz CT molecular complexity index is 1200. The van der Waals surface area contributed by atoms with E-state index in [1.807, 2.05) is 0 Å². The molecule has 2 aliphatic heterocycles. The van der Waals surface area contributed by atoms with E-state index < -0.39 is 59.1 Å². The van der Waals surface area contributed by atoms with Crippen molar-refractivity contribution in [2.24, 2.45) is 11.8 Å². The predicted molar refractivity (Wildman–Crippen MR) is 118 cm³/mol. The average Bonchev–Trinajstić information content (AvgIpc) is 3.26. The summed E-state index contributed by atoms with van der Waals surface area (Å²) in [4.78, 5) is 75.5. The van der Waals surface area contributed by atoms with Crippen LogP contribution in [-0.4, -0.2) is 47.3 Å². The van der Waals surface area contributed by atoms with Gasteiger partial charge in [0.15, 0.2) is 23.8 Å². The van der Waals surface area contributed by atoms with Crippen molar-refractivity contribution in [1.82, 2.24) is 0 Å². The zero-order valence-corrected chi connectivity index (χ0v) is 19.6. The number of rotatable bonds is 5. The van der Waals surface area contributed by atoms with E-state index in [2.05, 4.69) is 0 Å². The van der Waals surface area contributed by atoms with Gasteiger partial charge in [-0.25, -0.2) is 9.59 Å². The van der Waals surface area contributed by atoms with Gasteiger partial charge in [0.05, 0.1) is 20.1 Å². The lowest BCUT2D eigenvalue weighted by molar-refractivity contribution is -0.157. The van der Waals surface area contributed by atoms with Crippen LogP contribution in [-0.2, 0) is 28.7 Å². The Hall–Kier alpha value is -2.78. The van der Waals surface area contributed by atoms with E-state index in [9.17, 15) is 28.8 Å². The maximum absolute atomic E-state index is 13.1. The molecule has 34 heavy (non-hydrogen) atoms. The fourth-order valence-electron chi connectivity index (χ4n) is 3.76. The zero-order chi connectivity index (χ0) is 24.9. The Morgan fingerprint density at radius 3 is 1.26 bits per heavy atom. The molecular weight excluding hydrogens is 534 g/mol. The van der Waals surface area contributed by atoms with Crippen molar-refractivity contribution < 1.29 is 38.2 Å². The highest BCUT2D eigenvalue weighted by Crippen LogP contribution is 2.36. The van der Waals surface area contributed by atoms with Crippen LogP contribution in [0.3, 0.4) is 0 Å². The average molecular weight is 544 g/mol. The second-order valence-corrected chi connectivity index (χ2v) is 9.04.